The Labute approximate surface area is 120 Å². The molecule has 1 aromatic carbocycles. The zero-order valence-corrected chi connectivity index (χ0v) is 12.0. The van der Waals surface area contributed by atoms with Crippen molar-refractivity contribution in [3.63, 3.8) is 0 Å². The Kier molecular flexibility index (Phi) is 5.88. The Hall–Kier alpha value is -2.19. The molecule has 0 saturated carbocycles. The van der Waals surface area contributed by atoms with Gasteiger partial charge in [0.15, 0.2) is 5.82 Å². The van der Waals surface area contributed by atoms with Crippen LogP contribution in [-0.4, -0.2) is 5.54 Å². The molecule has 0 aliphatic heterocycles. The molecule has 0 bridgehead atoms. The van der Waals surface area contributed by atoms with E-state index in [0.717, 1.165) is 6.42 Å². The first kappa shape index (κ1) is 15.9. The summed E-state index contributed by atoms with van der Waals surface area (Å²) in [6.45, 7) is 3.96. The lowest BCUT2D eigenvalue weighted by atomic mass is 9.84. The van der Waals surface area contributed by atoms with Crippen LogP contribution in [0.1, 0.15) is 33.1 Å². The van der Waals surface area contributed by atoms with E-state index >= 15 is 0 Å². The monoisotopic (exact) mass is 271 g/mol. The second-order valence-electron chi connectivity index (χ2n) is 4.67. The number of nitrogens with two attached hydrogens (primary N) is 2. The molecule has 5 heteroatoms. The molecule has 106 valence electrons. The van der Waals surface area contributed by atoms with Gasteiger partial charge in [0, 0.05) is 0 Å². The number of nitrogens with zero attached hydrogens (tertiary/aromatic N) is 3. The highest BCUT2D eigenvalue weighted by atomic mass is 15.2. The fourth-order valence-electron chi connectivity index (χ4n) is 2.00. The zero-order chi connectivity index (χ0) is 15.0. The summed E-state index contributed by atoms with van der Waals surface area (Å²) >= 11 is 0. The molecule has 0 radical (unpaired) electrons. The Morgan fingerprint density at radius 3 is 2.45 bits per heavy atom. The molecule has 0 aliphatic carbocycles. The molecule has 1 aromatic rings. The van der Waals surface area contributed by atoms with Gasteiger partial charge in [-0.1, -0.05) is 38.5 Å². The van der Waals surface area contributed by atoms with Crippen LogP contribution in [0.4, 0.5) is 5.69 Å². The van der Waals surface area contributed by atoms with E-state index in [1.807, 2.05) is 44.2 Å². The van der Waals surface area contributed by atoms with E-state index in [4.69, 9.17) is 11.5 Å². The summed E-state index contributed by atoms with van der Waals surface area (Å²) < 4.78 is 0. The number of hydrogen-bond donors (Lipinski definition) is 2. The van der Waals surface area contributed by atoms with Gasteiger partial charge >= 0.3 is 0 Å². The first-order chi connectivity index (χ1) is 9.57. The van der Waals surface area contributed by atoms with E-state index in [2.05, 4.69) is 16.3 Å². The smallest absolute Gasteiger partial charge is 0.161 e. The second kappa shape index (κ2) is 7.41. The maximum absolute atomic E-state index is 9.32. The van der Waals surface area contributed by atoms with Gasteiger partial charge in [0.1, 0.15) is 6.07 Å². The number of azo groups is 1. The molecule has 5 nitrogen and oxygen atoms in total. The van der Waals surface area contributed by atoms with Crippen LogP contribution in [0.3, 0.4) is 0 Å². The maximum atomic E-state index is 9.32. The minimum atomic E-state index is -0.733. The quantitative estimate of drug-likeness (QED) is 0.612. The first-order valence-corrected chi connectivity index (χ1v) is 6.73. The summed E-state index contributed by atoms with van der Waals surface area (Å²) in [4.78, 5) is 0. The number of benzene rings is 1. The van der Waals surface area contributed by atoms with E-state index in [-0.39, 0.29) is 5.82 Å². The zero-order valence-electron chi connectivity index (χ0n) is 12.0. The summed E-state index contributed by atoms with van der Waals surface area (Å²) in [7, 11) is 0. The Bertz CT molecular complexity index is 527. The molecule has 1 unspecified atom stereocenters. The molecule has 0 spiro atoms. The van der Waals surface area contributed by atoms with E-state index in [1.165, 1.54) is 0 Å². The topological polar surface area (TPSA) is 101 Å². The van der Waals surface area contributed by atoms with Crippen molar-refractivity contribution < 1.29 is 0 Å². The SMILES string of the molecule is CCCC(N)(CC)C(C#N)=C(N)N=Nc1ccccc1. The van der Waals surface area contributed by atoms with Crippen LogP contribution in [0.2, 0.25) is 0 Å². The largest absolute Gasteiger partial charge is 0.381 e. The summed E-state index contributed by atoms with van der Waals surface area (Å²) in [6.07, 6.45) is 2.19. The van der Waals surface area contributed by atoms with Crippen LogP contribution < -0.4 is 11.5 Å². The van der Waals surface area contributed by atoms with Crippen molar-refractivity contribution in [2.24, 2.45) is 21.7 Å². The fraction of sp³-hybridized carbons (Fsp3) is 0.400. The van der Waals surface area contributed by atoms with Gasteiger partial charge < -0.3 is 11.5 Å². The second-order valence-corrected chi connectivity index (χ2v) is 4.67. The summed E-state index contributed by atoms with van der Waals surface area (Å²) in [5.74, 6) is 0.0918. The maximum Gasteiger partial charge on any atom is 0.161 e. The Morgan fingerprint density at radius 1 is 1.30 bits per heavy atom. The van der Waals surface area contributed by atoms with Crippen molar-refractivity contribution in [3.8, 4) is 6.07 Å². The van der Waals surface area contributed by atoms with E-state index in [9.17, 15) is 5.26 Å². The lowest BCUT2D eigenvalue weighted by molar-refractivity contribution is 0.445. The normalized spacial score (nSPS) is 15.5. The first-order valence-electron chi connectivity index (χ1n) is 6.73. The lowest BCUT2D eigenvalue weighted by Crippen LogP contribution is -2.42. The average Bonchev–Trinajstić information content (AvgIpc) is 2.47. The van der Waals surface area contributed by atoms with Crippen LogP contribution in [-0.2, 0) is 0 Å². The minimum Gasteiger partial charge on any atom is -0.381 e. The average molecular weight is 271 g/mol. The molecule has 1 rings (SSSR count). The molecule has 0 fully saturated rings. The van der Waals surface area contributed by atoms with Crippen molar-refractivity contribution in [1.82, 2.24) is 0 Å². The highest BCUT2D eigenvalue weighted by molar-refractivity contribution is 5.38. The third-order valence-electron chi connectivity index (χ3n) is 3.22. The van der Waals surface area contributed by atoms with Crippen LogP contribution in [0.25, 0.3) is 0 Å². The van der Waals surface area contributed by atoms with Crippen molar-refractivity contribution in [3.05, 3.63) is 41.7 Å². The van der Waals surface area contributed by atoms with Crippen molar-refractivity contribution in [1.29, 1.82) is 5.26 Å². The Balaban J connectivity index is 3.07. The van der Waals surface area contributed by atoms with Crippen molar-refractivity contribution >= 4 is 5.69 Å². The number of nitriles is 1. The van der Waals surface area contributed by atoms with E-state index < -0.39 is 5.54 Å². The fourth-order valence-corrected chi connectivity index (χ4v) is 2.00. The molecule has 0 amide bonds. The third kappa shape index (κ3) is 3.90. The highest BCUT2D eigenvalue weighted by Crippen LogP contribution is 2.25. The molecule has 1 atom stereocenters. The standard InChI is InChI=1S/C15H21N5/c1-3-10-15(18,4-2)13(11-16)14(17)20-19-12-8-6-5-7-9-12/h5-9H,3-4,10,17-18H2,1-2H3. The summed E-state index contributed by atoms with van der Waals surface area (Å²) in [5.41, 5.74) is 12.4. The molecule has 4 N–H and O–H groups in total. The van der Waals surface area contributed by atoms with Crippen LogP contribution in [0.5, 0.6) is 0 Å². The Morgan fingerprint density at radius 2 is 1.95 bits per heavy atom. The molecule has 0 aliphatic rings. The summed E-state index contributed by atoms with van der Waals surface area (Å²) in [5, 5.41) is 17.3. The van der Waals surface area contributed by atoms with Crippen LogP contribution in [0, 0.1) is 11.3 Å². The minimum absolute atomic E-state index is 0.0918. The van der Waals surface area contributed by atoms with Gasteiger partial charge in [-0.3, -0.25) is 0 Å². The van der Waals surface area contributed by atoms with Gasteiger partial charge in [-0.2, -0.15) is 5.26 Å². The van der Waals surface area contributed by atoms with Gasteiger partial charge in [-0.05, 0) is 25.0 Å². The molecule has 0 aromatic heterocycles. The van der Waals surface area contributed by atoms with Gasteiger partial charge in [-0.15, -0.1) is 10.2 Å². The van der Waals surface area contributed by atoms with Gasteiger partial charge in [0.2, 0.25) is 0 Å². The van der Waals surface area contributed by atoms with Crippen LogP contribution in [0.15, 0.2) is 52.0 Å². The molecular weight excluding hydrogens is 250 g/mol. The van der Waals surface area contributed by atoms with Crippen LogP contribution >= 0.6 is 0 Å². The molecule has 0 heterocycles. The number of rotatable bonds is 6. The molecule has 0 saturated heterocycles. The predicted molar refractivity (Wildman–Crippen MR) is 79.9 cm³/mol. The molecule has 20 heavy (non-hydrogen) atoms. The van der Waals surface area contributed by atoms with E-state index in [0.29, 0.717) is 24.1 Å². The van der Waals surface area contributed by atoms with Crippen molar-refractivity contribution in [2.45, 2.75) is 38.6 Å². The highest BCUT2D eigenvalue weighted by Gasteiger charge is 2.29. The number of hydrogen-bond acceptors (Lipinski definition) is 5. The van der Waals surface area contributed by atoms with E-state index in [1.54, 1.807) is 0 Å². The predicted octanol–water partition coefficient (Wildman–Crippen LogP) is 3.37. The summed E-state index contributed by atoms with van der Waals surface area (Å²) in [6, 6.07) is 11.3. The van der Waals surface area contributed by atoms with Gasteiger partial charge in [0.25, 0.3) is 0 Å². The third-order valence-corrected chi connectivity index (χ3v) is 3.22. The van der Waals surface area contributed by atoms with Gasteiger partial charge in [-0.25, -0.2) is 0 Å². The lowest BCUT2D eigenvalue weighted by Gasteiger charge is -2.27. The molecular formula is C15H21N5. The van der Waals surface area contributed by atoms with Crippen molar-refractivity contribution in [2.75, 3.05) is 0 Å². The van der Waals surface area contributed by atoms with Gasteiger partial charge in [0.05, 0.1) is 16.8 Å².